The molecule has 1 N–H and O–H groups in total. The first-order chi connectivity index (χ1) is 8.61. The highest BCUT2D eigenvalue weighted by molar-refractivity contribution is 6.16. The third-order valence-corrected chi connectivity index (χ3v) is 3.59. The number of rotatable bonds is 2. The van der Waals surface area contributed by atoms with Crippen molar-refractivity contribution in [1.29, 1.82) is 0 Å². The van der Waals surface area contributed by atoms with E-state index in [1.54, 1.807) is 4.68 Å². The van der Waals surface area contributed by atoms with Crippen LogP contribution in [0.1, 0.15) is 24.0 Å². The quantitative estimate of drug-likeness (QED) is 0.822. The van der Waals surface area contributed by atoms with Gasteiger partial charge >= 0.3 is 0 Å². The van der Waals surface area contributed by atoms with Crippen LogP contribution in [0.3, 0.4) is 0 Å². The number of halogens is 1. The highest BCUT2D eigenvalue weighted by Crippen LogP contribution is 2.27. The minimum absolute atomic E-state index is 0.0706. The van der Waals surface area contributed by atoms with Crippen LogP contribution in [-0.4, -0.2) is 31.8 Å². The molecule has 1 aliphatic rings. The van der Waals surface area contributed by atoms with E-state index >= 15 is 0 Å². The van der Waals surface area contributed by atoms with Crippen molar-refractivity contribution in [2.75, 3.05) is 6.54 Å². The average molecular weight is 268 g/mol. The number of carbonyl (C=O) groups excluding carboxylic acids is 1. The summed E-state index contributed by atoms with van der Waals surface area (Å²) in [5.74, 6) is 1.20. The standard InChI is InChI=1S/C11H14ClN5O/c1-6-10-11(16(2)15-6)17(8(4-12)14-10)7-3-9(18)13-5-7/h7H,3-5H2,1-2H3,(H,13,18). The number of nitrogens with one attached hydrogen (secondary N) is 1. The Bertz CT molecular complexity index is 629. The van der Waals surface area contributed by atoms with Crippen LogP contribution in [0, 0.1) is 6.92 Å². The van der Waals surface area contributed by atoms with Gasteiger partial charge in [0, 0.05) is 20.0 Å². The SMILES string of the molecule is Cc1nn(C)c2c1nc(CCl)n2C1CNC(=O)C1. The Morgan fingerprint density at radius 2 is 2.33 bits per heavy atom. The zero-order valence-electron chi connectivity index (χ0n) is 10.3. The summed E-state index contributed by atoms with van der Waals surface area (Å²) in [5, 5.41) is 7.20. The van der Waals surface area contributed by atoms with Gasteiger partial charge in [0.1, 0.15) is 11.3 Å². The van der Waals surface area contributed by atoms with Crippen LogP contribution in [0.5, 0.6) is 0 Å². The molecule has 96 valence electrons. The molecule has 2 aromatic rings. The lowest BCUT2D eigenvalue weighted by Crippen LogP contribution is -2.17. The zero-order valence-corrected chi connectivity index (χ0v) is 11.0. The van der Waals surface area contributed by atoms with Crippen molar-refractivity contribution in [3.63, 3.8) is 0 Å². The number of alkyl halides is 1. The second-order valence-corrected chi connectivity index (χ2v) is 4.84. The molecule has 6 nitrogen and oxygen atoms in total. The van der Waals surface area contributed by atoms with E-state index in [0.29, 0.717) is 18.8 Å². The van der Waals surface area contributed by atoms with Crippen molar-refractivity contribution in [2.24, 2.45) is 7.05 Å². The van der Waals surface area contributed by atoms with Gasteiger partial charge in [-0.25, -0.2) is 4.98 Å². The number of imidazole rings is 1. The number of hydrogen-bond acceptors (Lipinski definition) is 3. The molecule has 1 saturated heterocycles. The topological polar surface area (TPSA) is 64.7 Å². The molecule has 0 saturated carbocycles. The molecule has 1 unspecified atom stereocenters. The molecule has 7 heteroatoms. The Balaban J connectivity index is 2.21. The van der Waals surface area contributed by atoms with Crippen LogP contribution in [-0.2, 0) is 17.7 Å². The van der Waals surface area contributed by atoms with Crippen molar-refractivity contribution in [3.05, 3.63) is 11.5 Å². The molecule has 2 aromatic heterocycles. The first-order valence-corrected chi connectivity index (χ1v) is 6.38. The number of amides is 1. The van der Waals surface area contributed by atoms with Crippen molar-refractivity contribution in [1.82, 2.24) is 24.6 Å². The molecule has 0 aliphatic carbocycles. The van der Waals surface area contributed by atoms with Crippen LogP contribution < -0.4 is 5.32 Å². The molecule has 0 spiro atoms. The number of aryl methyl sites for hydroxylation is 2. The van der Waals surface area contributed by atoms with Gasteiger partial charge in [-0.3, -0.25) is 9.48 Å². The number of hydrogen-bond donors (Lipinski definition) is 1. The zero-order chi connectivity index (χ0) is 12.9. The van der Waals surface area contributed by atoms with E-state index in [4.69, 9.17) is 11.6 Å². The van der Waals surface area contributed by atoms with Crippen LogP contribution in [0.2, 0.25) is 0 Å². The Morgan fingerprint density at radius 1 is 1.56 bits per heavy atom. The largest absolute Gasteiger partial charge is 0.354 e. The van der Waals surface area contributed by atoms with Gasteiger partial charge in [-0.2, -0.15) is 5.10 Å². The monoisotopic (exact) mass is 267 g/mol. The first-order valence-electron chi connectivity index (χ1n) is 5.85. The van der Waals surface area contributed by atoms with Crippen molar-refractivity contribution in [2.45, 2.75) is 25.3 Å². The van der Waals surface area contributed by atoms with Gasteiger partial charge in [0.15, 0.2) is 5.65 Å². The first kappa shape index (κ1) is 11.5. The van der Waals surface area contributed by atoms with Crippen LogP contribution >= 0.6 is 11.6 Å². The highest BCUT2D eigenvalue weighted by Gasteiger charge is 2.28. The lowest BCUT2D eigenvalue weighted by molar-refractivity contribution is -0.119. The molecule has 3 heterocycles. The fourth-order valence-electron chi connectivity index (χ4n) is 2.59. The maximum Gasteiger partial charge on any atom is 0.222 e. The van der Waals surface area contributed by atoms with E-state index in [-0.39, 0.29) is 11.9 Å². The second-order valence-electron chi connectivity index (χ2n) is 4.57. The lowest BCUT2D eigenvalue weighted by Gasteiger charge is -2.13. The summed E-state index contributed by atoms with van der Waals surface area (Å²) in [6.07, 6.45) is 0.472. The minimum Gasteiger partial charge on any atom is -0.354 e. The molecule has 0 bridgehead atoms. The van der Waals surface area contributed by atoms with Crippen molar-refractivity contribution < 1.29 is 4.79 Å². The Morgan fingerprint density at radius 3 is 2.94 bits per heavy atom. The minimum atomic E-state index is 0.0706. The second kappa shape index (κ2) is 3.98. The Kier molecular flexibility index (Phi) is 2.55. The summed E-state index contributed by atoms with van der Waals surface area (Å²) in [6, 6.07) is 0.0750. The van der Waals surface area contributed by atoms with Crippen LogP contribution in [0.15, 0.2) is 0 Å². The van der Waals surface area contributed by atoms with Gasteiger partial charge in [-0.15, -0.1) is 11.6 Å². The van der Waals surface area contributed by atoms with Gasteiger partial charge in [0.2, 0.25) is 5.91 Å². The van der Waals surface area contributed by atoms with E-state index in [1.807, 2.05) is 18.5 Å². The third-order valence-electron chi connectivity index (χ3n) is 3.35. The molecular formula is C11H14ClN5O. The number of aromatic nitrogens is 4. The maximum absolute atomic E-state index is 11.4. The molecule has 1 amide bonds. The Hall–Kier alpha value is -1.56. The van der Waals surface area contributed by atoms with E-state index in [0.717, 1.165) is 22.7 Å². The van der Waals surface area contributed by atoms with Gasteiger partial charge in [-0.05, 0) is 6.92 Å². The van der Waals surface area contributed by atoms with Gasteiger partial charge in [0.25, 0.3) is 0 Å². The maximum atomic E-state index is 11.4. The molecule has 3 rings (SSSR count). The van der Waals surface area contributed by atoms with Crippen molar-refractivity contribution >= 4 is 28.7 Å². The summed E-state index contributed by atoms with van der Waals surface area (Å²) < 4.78 is 3.84. The summed E-state index contributed by atoms with van der Waals surface area (Å²) in [5.41, 5.74) is 2.69. The number of carbonyl (C=O) groups is 1. The summed E-state index contributed by atoms with van der Waals surface area (Å²) in [6.45, 7) is 2.55. The molecule has 0 aromatic carbocycles. The van der Waals surface area contributed by atoms with Crippen LogP contribution in [0.25, 0.3) is 11.2 Å². The smallest absolute Gasteiger partial charge is 0.222 e. The number of fused-ring (bicyclic) bond motifs is 1. The van der Waals surface area contributed by atoms with E-state index in [1.165, 1.54) is 0 Å². The average Bonchev–Trinajstić information content (AvgIpc) is 2.96. The molecular weight excluding hydrogens is 254 g/mol. The fraction of sp³-hybridized carbons (Fsp3) is 0.545. The fourth-order valence-corrected chi connectivity index (χ4v) is 2.78. The van der Waals surface area contributed by atoms with Crippen LogP contribution in [0.4, 0.5) is 0 Å². The van der Waals surface area contributed by atoms with Gasteiger partial charge < -0.3 is 9.88 Å². The normalized spacial score (nSPS) is 19.7. The summed E-state index contributed by atoms with van der Waals surface area (Å²) >= 11 is 5.96. The predicted octanol–water partition coefficient (Wildman–Crippen LogP) is 0.878. The summed E-state index contributed by atoms with van der Waals surface area (Å²) in [7, 11) is 1.88. The van der Waals surface area contributed by atoms with E-state index in [2.05, 4.69) is 15.4 Å². The molecule has 1 atom stereocenters. The third kappa shape index (κ3) is 1.52. The predicted molar refractivity (Wildman–Crippen MR) is 67.5 cm³/mol. The number of nitrogens with zero attached hydrogens (tertiary/aromatic N) is 4. The molecule has 0 radical (unpaired) electrons. The van der Waals surface area contributed by atoms with E-state index < -0.39 is 0 Å². The Labute approximate surface area is 109 Å². The highest BCUT2D eigenvalue weighted by atomic mass is 35.5. The van der Waals surface area contributed by atoms with Crippen molar-refractivity contribution in [3.8, 4) is 0 Å². The summed E-state index contributed by atoms with van der Waals surface area (Å²) in [4.78, 5) is 15.9. The van der Waals surface area contributed by atoms with E-state index in [9.17, 15) is 4.79 Å². The molecule has 18 heavy (non-hydrogen) atoms. The molecule has 1 aliphatic heterocycles. The van der Waals surface area contributed by atoms with Gasteiger partial charge in [-0.1, -0.05) is 0 Å². The molecule has 1 fully saturated rings. The lowest BCUT2D eigenvalue weighted by atomic mass is 10.2. The van der Waals surface area contributed by atoms with Gasteiger partial charge in [0.05, 0.1) is 17.6 Å².